The second kappa shape index (κ2) is 6.66. The Bertz CT molecular complexity index is 705. The first-order valence-electron chi connectivity index (χ1n) is 9.36. The molecule has 2 heteroatoms. The fourth-order valence-corrected chi connectivity index (χ4v) is 4.08. The van der Waals surface area contributed by atoms with Gasteiger partial charge >= 0.3 is 0 Å². The molecular formula is C22H30N2. The molecule has 0 aromatic carbocycles. The zero-order valence-electron chi connectivity index (χ0n) is 15.7. The van der Waals surface area contributed by atoms with E-state index in [1.54, 1.807) is 0 Å². The number of hydrogen-bond acceptors (Lipinski definition) is 2. The van der Waals surface area contributed by atoms with Crippen molar-refractivity contribution in [3.8, 4) is 11.4 Å². The van der Waals surface area contributed by atoms with Crippen LogP contribution >= 0.6 is 0 Å². The normalized spacial score (nSPS) is 19.5. The van der Waals surface area contributed by atoms with Crippen LogP contribution in [0.4, 0.5) is 0 Å². The molecular weight excluding hydrogens is 292 g/mol. The summed E-state index contributed by atoms with van der Waals surface area (Å²) in [6, 6.07) is 8.68. The highest BCUT2D eigenvalue weighted by Crippen LogP contribution is 2.53. The predicted molar refractivity (Wildman–Crippen MR) is 101 cm³/mol. The lowest BCUT2D eigenvalue weighted by Crippen LogP contribution is -2.36. The van der Waals surface area contributed by atoms with Crippen molar-refractivity contribution in [2.75, 3.05) is 0 Å². The summed E-state index contributed by atoms with van der Waals surface area (Å²) in [5, 5.41) is 0. The van der Waals surface area contributed by atoms with Gasteiger partial charge in [0.05, 0.1) is 11.4 Å². The van der Waals surface area contributed by atoms with Gasteiger partial charge in [-0.15, -0.1) is 0 Å². The molecule has 1 saturated carbocycles. The molecule has 24 heavy (non-hydrogen) atoms. The summed E-state index contributed by atoms with van der Waals surface area (Å²) in [6.45, 7) is 11.7. The summed E-state index contributed by atoms with van der Waals surface area (Å²) in [5.74, 6) is 2.20. The lowest BCUT2D eigenvalue weighted by molar-refractivity contribution is 0.197. The summed E-state index contributed by atoms with van der Waals surface area (Å²) in [5.41, 5.74) is 4.87. The SMILES string of the molecule is CCC(C)C(C)C(C)(c1ccnc(-c2cc(C)ccn2)c1)C1CC1. The maximum atomic E-state index is 4.61. The Hall–Kier alpha value is -1.70. The van der Waals surface area contributed by atoms with Crippen molar-refractivity contribution in [1.29, 1.82) is 0 Å². The Balaban J connectivity index is 2.02. The van der Waals surface area contributed by atoms with Gasteiger partial charge in [0.15, 0.2) is 0 Å². The number of rotatable bonds is 6. The number of aromatic nitrogens is 2. The van der Waals surface area contributed by atoms with Gasteiger partial charge in [0.2, 0.25) is 0 Å². The summed E-state index contributed by atoms with van der Waals surface area (Å²) < 4.78 is 0. The van der Waals surface area contributed by atoms with Crippen LogP contribution in [0.25, 0.3) is 11.4 Å². The highest BCUT2D eigenvalue weighted by atomic mass is 14.8. The molecule has 128 valence electrons. The molecule has 0 saturated heterocycles. The molecule has 3 unspecified atom stereocenters. The minimum atomic E-state index is 0.233. The van der Waals surface area contributed by atoms with E-state index in [4.69, 9.17) is 0 Å². The summed E-state index contributed by atoms with van der Waals surface area (Å²) in [6.07, 6.45) is 7.80. The average molecular weight is 322 g/mol. The standard InChI is InChI=1S/C22H30N2/c1-6-16(3)17(4)22(5,18-7-8-18)19-10-12-24-21(14-19)20-13-15(2)9-11-23-20/h9-14,16-18H,6-8H2,1-5H3. The fourth-order valence-electron chi connectivity index (χ4n) is 4.08. The third-order valence-electron chi connectivity index (χ3n) is 6.43. The molecule has 0 aliphatic heterocycles. The van der Waals surface area contributed by atoms with Crippen molar-refractivity contribution in [3.63, 3.8) is 0 Å². The largest absolute Gasteiger partial charge is 0.255 e. The number of pyridine rings is 2. The van der Waals surface area contributed by atoms with Crippen molar-refractivity contribution in [1.82, 2.24) is 9.97 Å². The lowest BCUT2D eigenvalue weighted by atomic mass is 9.64. The third kappa shape index (κ3) is 3.11. The molecule has 0 N–H and O–H groups in total. The smallest absolute Gasteiger partial charge is 0.0889 e. The molecule has 1 fully saturated rings. The van der Waals surface area contributed by atoms with Gasteiger partial charge in [0.1, 0.15) is 0 Å². The zero-order chi connectivity index (χ0) is 17.3. The van der Waals surface area contributed by atoms with E-state index in [-0.39, 0.29) is 5.41 Å². The molecule has 0 radical (unpaired) electrons. The van der Waals surface area contributed by atoms with Crippen LogP contribution in [-0.4, -0.2) is 9.97 Å². The van der Waals surface area contributed by atoms with Crippen molar-refractivity contribution >= 4 is 0 Å². The van der Waals surface area contributed by atoms with Crippen molar-refractivity contribution in [3.05, 3.63) is 47.8 Å². The molecule has 3 atom stereocenters. The number of nitrogens with zero attached hydrogens (tertiary/aromatic N) is 2. The Morgan fingerprint density at radius 3 is 2.29 bits per heavy atom. The minimum Gasteiger partial charge on any atom is -0.255 e. The van der Waals surface area contributed by atoms with Gasteiger partial charge in [0, 0.05) is 12.4 Å². The van der Waals surface area contributed by atoms with Crippen LogP contribution in [0.2, 0.25) is 0 Å². The second-order valence-electron chi connectivity index (χ2n) is 7.88. The van der Waals surface area contributed by atoms with Crippen LogP contribution in [0.5, 0.6) is 0 Å². The molecule has 1 aliphatic rings. The molecule has 0 spiro atoms. The van der Waals surface area contributed by atoms with Gasteiger partial charge in [-0.25, -0.2) is 0 Å². The van der Waals surface area contributed by atoms with Crippen LogP contribution in [0, 0.1) is 24.7 Å². The van der Waals surface area contributed by atoms with Crippen LogP contribution in [0.3, 0.4) is 0 Å². The molecule has 1 aliphatic carbocycles. The number of aryl methyl sites for hydroxylation is 1. The fraction of sp³-hybridized carbons (Fsp3) is 0.545. The van der Waals surface area contributed by atoms with E-state index < -0.39 is 0 Å². The first-order chi connectivity index (χ1) is 11.5. The Morgan fingerprint density at radius 2 is 1.71 bits per heavy atom. The molecule has 2 aromatic heterocycles. The van der Waals surface area contributed by atoms with E-state index in [1.165, 1.54) is 30.4 Å². The predicted octanol–water partition coefficient (Wildman–Crippen LogP) is 5.80. The minimum absolute atomic E-state index is 0.233. The Morgan fingerprint density at radius 1 is 1.08 bits per heavy atom. The van der Waals surface area contributed by atoms with E-state index in [0.717, 1.165) is 23.2 Å². The van der Waals surface area contributed by atoms with Gasteiger partial charge in [-0.3, -0.25) is 9.97 Å². The topological polar surface area (TPSA) is 25.8 Å². The first kappa shape index (κ1) is 17.1. The second-order valence-corrected chi connectivity index (χ2v) is 7.88. The molecule has 2 heterocycles. The monoisotopic (exact) mass is 322 g/mol. The van der Waals surface area contributed by atoms with Crippen LogP contribution < -0.4 is 0 Å². The van der Waals surface area contributed by atoms with E-state index >= 15 is 0 Å². The van der Waals surface area contributed by atoms with Crippen LogP contribution in [0.15, 0.2) is 36.7 Å². The van der Waals surface area contributed by atoms with E-state index in [1.807, 2.05) is 18.5 Å². The summed E-state index contributed by atoms with van der Waals surface area (Å²) >= 11 is 0. The molecule has 3 rings (SSSR count). The van der Waals surface area contributed by atoms with Gasteiger partial charge in [-0.1, -0.05) is 34.1 Å². The van der Waals surface area contributed by atoms with Crippen molar-refractivity contribution in [2.45, 2.75) is 59.3 Å². The highest BCUT2D eigenvalue weighted by molar-refractivity contribution is 5.56. The van der Waals surface area contributed by atoms with E-state index in [9.17, 15) is 0 Å². The maximum absolute atomic E-state index is 4.61. The number of hydrogen-bond donors (Lipinski definition) is 0. The summed E-state index contributed by atoms with van der Waals surface area (Å²) in [7, 11) is 0. The van der Waals surface area contributed by atoms with E-state index in [0.29, 0.717) is 5.92 Å². The third-order valence-corrected chi connectivity index (χ3v) is 6.43. The van der Waals surface area contributed by atoms with Crippen LogP contribution in [0.1, 0.15) is 58.1 Å². The molecule has 0 bridgehead atoms. The Labute approximate surface area is 146 Å². The molecule has 2 aromatic rings. The maximum Gasteiger partial charge on any atom is 0.0889 e. The van der Waals surface area contributed by atoms with Gasteiger partial charge in [-0.2, -0.15) is 0 Å². The van der Waals surface area contributed by atoms with Gasteiger partial charge in [-0.05, 0) is 78.3 Å². The van der Waals surface area contributed by atoms with Crippen molar-refractivity contribution < 1.29 is 0 Å². The molecule has 0 amide bonds. The summed E-state index contributed by atoms with van der Waals surface area (Å²) in [4.78, 5) is 9.13. The van der Waals surface area contributed by atoms with Crippen molar-refractivity contribution in [2.24, 2.45) is 17.8 Å². The molecule has 2 nitrogen and oxygen atoms in total. The van der Waals surface area contributed by atoms with Gasteiger partial charge in [0.25, 0.3) is 0 Å². The van der Waals surface area contributed by atoms with E-state index in [2.05, 4.69) is 62.8 Å². The zero-order valence-corrected chi connectivity index (χ0v) is 15.7. The van der Waals surface area contributed by atoms with Gasteiger partial charge < -0.3 is 0 Å². The Kier molecular flexibility index (Phi) is 4.76. The highest BCUT2D eigenvalue weighted by Gasteiger charge is 2.47. The average Bonchev–Trinajstić information content (AvgIpc) is 3.45. The quantitative estimate of drug-likeness (QED) is 0.671. The first-order valence-corrected chi connectivity index (χ1v) is 9.36. The lowest BCUT2D eigenvalue weighted by Gasteiger charge is -2.40. The van der Waals surface area contributed by atoms with Crippen LogP contribution in [-0.2, 0) is 5.41 Å².